The highest BCUT2D eigenvalue weighted by atomic mass is 32.2. The van der Waals surface area contributed by atoms with Gasteiger partial charge in [-0.3, -0.25) is 4.79 Å². The molecule has 228 valence electrons. The van der Waals surface area contributed by atoms with E-state index in [-0.39, 0.29) is 12.2 Å². The molecule has 2 aliphatic rings. The van der Waals surface area contributed by atoms with E-state index in [9.17, 15) is 19.6 Å². The number of aromatic nitrogens is 6. The van der Waals surface area contributed by atoms with E-state index >= 15 is 0 Å². The van der Waals surface area contributed by atoms with Gasteiger partial charge in [0.15, 0.2) is 26.7 Å². The number of H-pyrrole nitrogens is 3. The van der Waals surface area contributed by atoms with Gasteiger partial charge in [-0.25, -0.2) is 19.7 Å². The number of nitrogens with two attached hydrogens (primary N) is 1. The first kappa shape index (κ1) is 29.7. The van der Waals surface area contributed by atoms with Crippen molar-refractivity contribution in [1.82, 2.24) is 35.2 Å². The van der Waals surface area contributed by atoms with Gasteiger partial charge in [-0.15, -0.1) is 0 Å². The highest BCUT2D eigenvalue weighted by Crippen LogP contribution is 2.31. The van der Waals surface area contributed by atoms with Crippen LogP contribution in [-0.2, 0) is 27.1 Å². The Labute approximate surface area is 259 Å². The topological polar surface area (TPSA) is 208 Å². The van der Waals surface area contributed by atoms with E-state index in [1.807, 2.05) is 73.7 Å². The van der Waals surface area contributed by atoms with Crippen LogP contribution in [0.5, 0.6) is 0 Å². The molecular weight excluding hydrogens is 594 g/mol. The molecule has 7 N–H and O–H groups in total. The van der Waals surface area contributed by atoms with Crippen LogP contribution in [0, 0.1) is 4.91 Å². The number of nitrogens with one attached hydrogen (secondary N) is 4. The van der Waals surface area contributed by atoms with Gasteiger partial charge < -0.3 is 31.1 Å². The lowest BCUT2D eigenvalue weighted by molar-refractivity contribution is -0.141. The van der Waals surface area contributed by atoms with E-state index in [0.29, 0.717) is 11.4 Å². The molecule has 4 aromatic rings. The van der Waals surface area contributed by atoms with Gasteiger partial charge in [0.05, 0.1) is 29.1 Å². The van der Waals surface area contributed by atoms with Crippen LogP contribution >= 0.6 is 0 Å². The number of aliphatic carboxylic acids is 1. The van der Waals surface area contributed by atoms with Crippen molar-refractivity contribution in [2.24, 2.45) is 10.3 Å². The summed E-state index contributed by atoms with van der Waals surface area (Å²) in [5.74, 6) is -1.96. The summed E-state index contributed by atoms with van der Waals surface area (Å²) in [6.07, 6.45) is 10.6. The summed E-state index contributed by atoms with van der Waals surface area (Å²) >= 11 is -1.22. The molecule has 0 aliphatic carbocycles. The van der Waals surface area contributed by atoms with Crippen LogP contribution in [0.3, 0.4) is 0 Å². The van der Waals surface area contributed by atoms with E-state index in [1.165, 1.54) is 12.5 Å². The second-order valence-electron chi connectivity index (χ2n) is 10.7. The minimum atomic E-state index is -1.22. The quantitative estimate of drug-likeness (QED) is 0.0971. The molecule has 4 aromatic heterocycles. The molecule has 0 aromatic carbocycles. The summed E-state index contributed by atoms with van der Waals surface area (Å²) in [4.78, 5) is 59.7. The number of amides is 1. The fourth-order valence-corrected chi connectivity index (χ4v) is 6.60. The SMILES string of the molecule is C[C@@H](c1cc2cc3ccc(cc4nc(cc5nc(cc1[nH]2)C=C5)C=C4)[nH]3)[S+](C[C@H](N)C(=O)N[C@@H](Cc1cnc[nH]1)C(=O)O)N=O. The molecule has 8 bridgehead atoms. The van der Waals surface area contributed by atoms with Crippen molar-refractivity contribution in [1.29, 1.82) is 0 Å². The molecule has 2 aliphatic heterocycles. The molecule has 6 rings (SSSR count). The van der Waals surface area contributed by atoms with Crippen molar-refractivity contribution >= 4 is 69.3 Å². The Morgan fingerprint density at radius 2 is 1.62 bits per heavy atom. The Hall–Kier alpha value is -5.34. The lowest BCUT2D eigenvalue weighted by Crippen LogP contribution is -2.51. The Balaban J connectivity index is 1.31. The Morgan fingerprint density at radius 3 is 2.27 bits per heavy atom. The average molecular weight is 625 g/mol. The number of aromatic amines is 3. The first-order chi connectivity index (χ1) is 21.7. The third-order valence-electron chi connectivity index (χ3n) is 7.42. The van der Waals surface area contributed by atoms with E-state index in [1.54, 1.807) is 0 Å². The van der Waals surface area contributed by atoms with Gasteiger partial charge in [-0.05, 0) is 73.7 Å². The van der Waals surface area contributed by atoms with Crippen LogP contribution in [0.1, 0.15) is 46.2 Å². The summed E-state index contributed by atoms with van der Waals surface area (Å²) in [6, 6.07) is 11.2. The van der Waals surface area contributed by atoms with Crippen LogP contribution in [0.4, 0.5) is 0 Å². The van der Waals surface area contributed by atoms with Crippen LogP contribution in [0.25, 0.3) is 46.4 Å². The maximum atomic E-state index is 12.9. The maximum Gasteiger partial charge on any atom is 0.326 e. The molecule has 6 heterocycles. The van der Waals surface area contributed by atoms with Gasteiger partial charge in [0.25, 0.3) is 0 Å². The number of hydrogen-bond acceptors (Lipinski definition) is 8. The minimum absolute atomic E-state index is 0.00344. The third-order valence-corrected chi connectivity index (χ3v) is 9.39. The second-order valence-corrected chi connectivity index (χ2v) is 12.7. The molecule has 4 atom stereocenters. The van der Waals surface area contributed by atoms with E-state index < -0.39 is 40.3 Å². The average Bonchev–Trinajstić information content (AvgIpc) is 3.85. The zero-order valence-electron chi connectivity index (χ0n) is 24.1. The molecule has 1 amide bonds. The number of nitrogens with zero attached hydrogens (tertiary/aromatic N) is 4. The van der Waals surface area contributed by atoms with Crippen LogP contribution in [0.2, 0.25) is 0 Å². The summed E-state index contributed by atoms with van der Waals surface area (Å²) in [6.45, 7) is 1.86. The number of nitroso groups, excluding NO2 is 1. The Bertz CT molecular complexity index is 1980. The van der Waals surface area contributed by atoms with Crippen LogP contribution in [-0.4, -0.2) is 64.7 Å². The number of imidazole rings is 1. The number of carboxylic acid groups (broad SMARTS) is 1. The monoisotopic (exact) mass is 624 g/mol. The van der Waals surface area contributed by atoms with E-state index in [2.05, 4.69) is 34.8 Å². The van der Waals surface area contributed by atoms with Gasteiger partial charge >= 0.3 is 5.97 Å². The number of fused-ring (bicyclic) bond motifs is 8. The molecule has 13 nitrogen and oxygen atoms in total. The smallest absolute Gasteiger partial charge is 0.326 e. The lowest BCUT2D eigenvalue weighted by atomic mass is 10.1. The number of hydrogen-bond donors (Lipinski definition) is 6. The molecule has 45 heavy (non-hydrogen) atoms. The van der Waals surface area contributed by atoms with E-state index in [0.717, 1.165) is 44.7 Å². The highest BCUT2D eigenvalue weighted by molar-refractivity contribution is 7.95. The molecule has 0 fully saturated rings. The highest BCUT2D eigenvalue weighted by Gasteiger charge is 2.37. The van der Waals surface area contributed by atoms with Crippen molar-refractivity contribution in [3.05, 3.63) is 93.9 Å². The van der Waals surface area contributed by atoms with Crippen molar-refractivity contribution in [2.45, 2.75) is 30.7 Å². The summed E-state index contributed by atoms with van der Waals surface area (Å²) < 4.78 is 3.37. The fourth-order valence-electron chi connectivity index (χ4n) is 5.12. The van der Waals surface area contributed by atoms with Crippen LogP contribution in [0.15, 0.2) is 59.6 Å². The predicted molar refractivity (Wildman–Crippen MR) is 175 cm³/mol. The standard InChI is InChI=1S/C31H29N9O4S/c1-17(45(40-44)15-27(32)30(41)39-29(31(42)43)13-25-14-33-16-34-25)26-11-24-10-22-5-4-20(36-22)8-18-2-3-19(35-18)9-21-6-7-23(37-21)12-28(26)38-24/h2-12,14,16-17,27,29H,13,15,32H2,1H3,(H4-,33,34,35,36,37,38,39,41,42,43)/p+1/t17-,27-,29-,45?/m0/s1. The Morgan fingerprint density at radius 1 is 0.956 bits per heavy atom. The van der Waals surface area contributed by atoms with Gasteiger partial charge in [-0.2, -0.15) is 0 Å². The van der Waals surface area contributed by atoms with Crippen molar-refractivity contribution < 1.29 is 14.7 Å². The number of carbonyl (C=O) groups excluding carboxylic acids is 1. The van der Waals surface area contributed by atoms with E-state index in [4.69, 9.17) is 10.7 Å². The normalized spacial score (nSPS) is 14.9. The first-order valence-corrected chi connectivity index (χ1v) is 15.5. The molecule has 0 spiro atoms. The molecule has 0 radical (unpaired) electrons. The first-order valence-electron chi connectivity index (χ1n) is 14.1. The number of rotatable bonds is 10. The number of carbonyl (C=O) groups is 2. The molecular formula is C31H30N9O4S+. The predicted octanol–water partition coefficient (Wildman–Crippen LogP) is 3.88. The lowest BCUT2D eigenvalue weighted by Gasteiger charge is -2.17. The summed E-state index contributed by atoms with van der Waals surface area (Å²) in [5, 5.41) is 11.7. The van der Waals surface area contributed by atoms with Gasteiger partial charge in [0.1, 0.15) is 12.1 Å². The third kappa shape index (κ3) is 6.92. The Kier molecular flexibility index (Phi) is 8.40. The fraction of sp³-hybridized carbons (Fsp3) is 0.194. The van der Waals surface area contributed by atoms with Crippen LogP contribution < -0.4 is 11.1 Å². The van der Waals surface area contributed by atoms with Gasteiger partial charge in [-0.1, -0.05) is 4.91 Å². The van der Waals surface area contributed by atoms with Crippen molar-refractivity contribution in [2.75, 3.05) is 5.75 Å². The zero-order valence-corrected chi connectivity index (χ0v) is 24.9. The van der Waals surface area contributed by atoms with Crippen molar-refractivity contribution in [3.8, 4) is 0 Å². The molecule has 0 saturated heterocycles. The summed E-state index contributed by atoms with van der Waals surface area (Å²) in [5.41, 5.74) is 13.9. The van der Waals surface area contributed by atoms with Crippen molar-refractivity contribution in [3.63, 3.8) is 0 Å². The molecule has 1 unspecified atom stereocenters. The zero-order chi connectivity index (χ0) is 31.5. The molecule has 0 saturated carbocycles. The maximum absolute atomic E-state index is 12.9. The van der Waals surface area contributed by atoms with Gasteiger partial charge in [0.2, 0.25) is 5.91 Å². The largest absolute Gasteiger partial charge is 0.480 e. The molecule has 14 heteroatoms. The second kappa shape index (κ2) is 12.7. The summed E-state index contributed by atoms with van der Waals surface area (Å²) in [7, 11) is 0. The minimum Gasteiger partial charge on any atom is -0.480 e. The van der Waals surface area contributed by atoms with Gasteiger partial charge in [0, 0.05) is 45.9 Å². The number of carboxylic acids is 1.